The van der Waals surface area contributed by atoms with Crippen molar-refractivity contribution < 1.29 is 37.7 Å². The highest BCUT2D eigenvalue weighted by Gasteiger charge is 2.50. The number of aromatic hydroxyl groups is 1. The first-order chi connectivity index (χ1) is 35.4. The molecule has 73 heavy (non-hydrogen) atoms. The van der Waals surface area contributed by atoms with Gasteiger partial charge < -0.3 is 34.2 Å². The Morgan fingerprint density at radius 3 is 2.51 bits per heavy atom. The molecular formula is C56H63F2N9O6. The molecule has 15 nitrogen and oxygen atoms in total. The number of piperazine rings is 1. The van der Waals surface area contributed by atoms with Crippen molar-refractivity contribution in [3.05, 3.63) is 77.0 Å². The number of anilines is 2. The van der Waals surface area contributed by atoms with E-state index in [4.69, 9.17) is 19.4 Å². The number of nitrogens with zero attached hydrogens (tertiary/aromatic N) is 8. The van der Waals surface area contributed by atoms with Gasteiger partial charge in [-0.3, -0.25) is 29.6 Å². The molecular weight excluding hydrogens is 933 g/mol. The molecule has 3 atom stereocenters. The van der Waals surface area contributed by atoms with Gasteiger partial charge in [0.25, 0.3) is 5.91 Å². The molecule has 0 bridgehead atoms. The Bertz CT molecular complexity index is 3050. The van der Waals surface area contributed by atoms with Gasteiger partial charge in [-0.1, -0.05) is 13.0 Å². The number of aromatic nitrogens is 3. The van der Waals surface area contributed by atoms with Crippen LogP contribution in [0.15, 0.2) is 48.7 Å². The van der Waals surface area contributed by atoms with E-state index in [1.54, 1.807) is 23.2 Å². The Hall–Kier alpha value is -6.04. The number of hydrogen-bond acceptors (Lipinski definition) is 13. The summed E-state index contributed by atoms with van der Waals surface area (Å²) in [5.41, 5.74) is 3.95. The quantitative estimate of drug-likeness (QED) is 0.124. The zero-order valence-electron chi connectivity index (χ0n) is 41.5. The molecule has 1 spiro atoms. The smallest absolute Gasteiger partial charge is 0.319 e. The van der Waals surface area contributed by atoms with Gasteiger partial charge in [0.1, 0.15) is 34.6 Å². The minimum Gasteiger partial charge on any atom is -0.508 e. The summed E-state index contributed by atoms with van der Waals surface area (Å²) in [6, 6.07) is 11.7. The second kappa shape index (κ2) is 18.1. The van der Waals surface area contributed by atoms with Gasteiger partial charge in [-0.2, -0.15) is 9.97 Å². The molecule has 0 radical (unpaired) electrons. The predicted octanol–water partition coefficient (Wildman–Crippen LogP) is 6.99. The molecule has 5 aliphatic heterocycles. The first kappa shape index (κ1) is 46.7. The molecule has 7 fully saturated rings. The number of carbonyl (C=O) groups excluding carboxylic acids is 3. The highest BCUT2D eigenvalue weighted by molar-refractivity contribution is 6.06. The number of benzene rings is 3. The number of rotatable bonds is 12. The Morgan fingerprint density at radius 2 is 1.73 bits per heavy atom. The molecule has 382 valence electrons. The molecule has 2 N–H and O–H groups in total. The third kappa shape index (κ3) is 8.62. The molecule has 7 heterocycles. The number of phenolic OH excluding ortho intramolecular Hbond substituents is 1. The van der Waals surface area contributed by atoms with Crippen LogP contribution in [-0.4, -0.2) is 143 Å². The van der Waals surface area contributed by atoms with E-state index in [1.165, 1.54) is 37.8 Å². The zero-order chi connectivity index (χ0) is 49.8. The fourth-order valence-corrected chi connectivity index (χ4v) is 13.5. The van der Waals surface area contributed by atoms with Crippen LogP contribution in [0.25, 0.3) is 32.9 Å². The normalized spacial score (nSPS) is 24.9. The molecule has 13 rings (SSSR count). The second-order valence-corrected chi connectivity index (χ2v) is 22.6. The minimum atomic E-state index is -0.665. The third-order valence-electron chi connectivity index (χ3n) is 17.8. The van der Waals surface area contributed by atoms with Gasteiger partial charge in [0, 0.05) is 93.8 Å². The van der Waals surface area contributed by atoms with Crippen LogP contribution >= 0.6 is 0 Å². The van der Waals surface area contributed by atoms with Gasteiger partial charge in [0.05, 0.1) is 24.1 Å². The van der Waals surface area contributed by atoms with E-state index in [2.05, 4.69) is 36.0 Å². The summed E-state index contributed by atoms with van der Waals surface area (Å²) in [4.78, 5) is 63.4. The number of likely N-dealkylation sites (tertiary alicyclic amines) is 1. The van der Waals surface area contributed by atoms with E-state index in [1.807, 2.05) is 19.1 Å². The van der Waals surface area contributed by atoms with E-state index >= 15 is 8.78 Å². The van der Waals surface area contributed by atoms with Crippen molar-refractivity contribution in [3.63, 3.8) is 0 Å². The Kier molecular flexibility index (Phi) is 11.6. The van der Waals surface area contributed by atoms with Gasteiger partial charge in [-0.05, 0) is 147 Å². The van der Waals surface area contributed by atoms with Gasteiger partial charge >= 0.3 is 6.01 Å². The van der Waals surface area contributed by atoms with Crippen molar-refractivity contribution in [1.29, 1.82) is 0 Å². The lowest BCUT2D eigenvalue weighted by Crippen LogP contribution is -2.53. The lowest BCUT2D eigenvalue weighted by atomic mass is 9.57. The summed E-state index contributed by atoms with van der Waals surface area (Å²) in [5, 5.41) is 14.8. The van der Waals surface area contributed by atoms with Crippen LogP contribution in [0.2, 0.25) is 0 Å². The summed E-state index contributed by atoms with van der Waals surface area (Å²) in [6.07, 6.45) is 11.5. The number of ether oxygens (including phenoxy) is 2. The standard InChI is InChI=1S/C56H63F2N9O6/c1-2-38-42(57)7-4-34-23-37(68)24-40(47(34)38)49-48(58)50-41(28-59-49)51(66-14-3-21-72-45-25-44(45)66)62-54(61-50)73-32-56(10-11-56)31-64-15-12-55(13-16-64)26-33(27-55)29-63-17-19-65(20-18-63)36-5-6-39-35(22-36)30-67(53(39)71)43-8-9-46(69)60-52(43)70/h4-7,22-24,28,33,43-45,68H,2-3,8-21,25-27,29-32H2,1H3,(H,60,69,70)/t43-,44?,45?/m0/s1. The van der Waals surface area contributed by atoms with Crippen molar-refractivity contribution in [2.45, 2.75) is 102 Å². The first-order valence-corrected chi connectivity index (χ1v) is 26.7. The van der Waals surface area contributed by atoms with E-state index in [0.29, 0.717) is 83.2 Å². The van der Waals surface area contributed by atoms with Crippen molar-refractivity contribution in [2.24, 2.45) is 16.7 Å². The molecule has 8 aliphatic rings. The average molecular weight is 996 g/mol. The largest absolute Gasteiger partial charge is 0.508 e. The number of pyridine rings is 1. The van der Waals surface area contributed by atoms with Gasteiger partial charge in [-0.25, -0.2) is 8.78 Å². The van der Waals surface area contributed by atoms with Crippen LogP contribution in [-0.2, 0) is 27.3 Å². The first-order valence-electron chi connectivity index (χ1n) is 26.7. The number of hydrogen-bond donors (Lipinski definition) is 2. The van der Waals surface area contributed by atoms with Crippen LogP contribution in [0, 0.1) is 28.4 Å². The lowest BCUT2D eigenvalue weighted by Gasteiger charge is -2.54. The van der Waals surface area contributed by atoms with Crippen LogP contribution in [0.5, 0.6) is 11.8 Å². The zero-order valence-corrected chi connectivity index (χ0v) is 41.5. The van der Waals surface area contributed by atoms with E-state index in [-0.39, 0.29) is 70.5 Å². The maximum absolute atomic E-state index is 17.2. The number of fused-ring (bicyclic) bond motifs is 4. The Morgan fingerprint density at radius 1 is 0.904 bits per heavy atom. The van der Waals surface area contributed by atoms with Crippen molar-refractivity contribution in [2.75, 3.05) is 81.9 Å². The highest BCUT2D eigenvalue weighted by Crippen LogP contribution is 2.54. The molecule has 3 amide bonds. The third-order valence-corrected chi connectivity index (χ3v) is 17.8. The average Bonchev–Trinajstić information content (AvgIpc) is 4.31. The number of halogens is 2. The summed E-state index contributed by atoms with van der Waals surface area (Å²) in [5.74, 6) is -0.613. The molecule has 5 aromatic rings. The SMILES string of the molecule is CCc1c(F)ccc2cc(O)cc(-c3ncc4c(N5CCCOC6CC65)nc(OCC5(CN6CCC7(CC6)CC(CN6CCN(c8ccc9c(c8)CN([C@H]8CCC(=O)NC8=O)C9=O)CC6)C7)CC5)nc4c3F)c12. The van der Waals surface area contributed by atoms with Crippen LogP contribution < -0.4 is 19.9 Å². The summed E-state index contributed by atoms with van der Waals surface area (Å²) < 4.78 is 45.0. The van der Waals surface area contributed by atoms with E-state index in [9.17, 15) is 19.5 Å². The molecule has 17 heteroatoms. The van der Waals surface area contributed by atoms with Crippen molar-refractivity contribution >= 4 is 50.9 Å². The summed E-state index contributed by atoms with van der Waals surface area (Å²) in [7, 11) is 0. The maximum Gasteiger partial charge on any atom is 0.319 e. The number of nitrogens with one attached hydrogen (secondary N) is 1. The second-order valence-electron chi connectivity index (χ2n) is 22.6. The number of phenols is 1. The predicted molar refractivity (Wildman–Crippen MR) is 270 cm³/mol. The van der Waals surface area contributed by atoms with Crippen LogP contribution in [0.3, 0.4) is 0 Å². The van der Waals surface area contributed by atoms with Gasteiger partial charge in [0.2, 0.25) is 11.8 Å². The lowest BCUT2D eigenvalue weighted by molar-refractivity contribution is -0.136. The number of amides is 3. The van der Waals surface area contributed by atoms with Crippen molar-refractivity contribution in [3.8, 4) is 23.0 Å². The molecule has 4 saturated heterocycles. The number of imide groups is 1. The van der Waals surface area contributed by atoms with Crippen LogP contribution in [0.1, 0.15) is 92.6 Å². The molecule has 3 aromatic carbocycles. The fraction of sp³-hybridized carbons (Fsp3) is 0.536. The van der Waals surface area contributed by atoms with E-state index in [0.717, 1.165) is 95.2 Å². The van der Waals surface area contributed by atoms with Gasteiger partial charge in [-0.15, -0.1) is 0 Å². The Balaban J connectivity index is 0.628. The monoisotopic (exact) mass is 995 g/mol. The maximum atomic E-state index is 17.2. The summed E-state index contributed by atoms with van der Waals surface area (Å²) >= 11 is 0. The van der Waals surface area contributed by atoms with Gasteiger partial charge in [0.15, 0.2) is 5.82 Å². The molecule has 3 saturated carbocycles. The van der Waals surface area contributed by atoms with Crippen LogP contribution in [0.4, 0.5) is 20.3 Å². The molecule has 2 aromatic heterocycles. The van der Waals surface area contributed by atoms with Crippen molar-refractivity contribution in [1.82, 2.24) is 35.0 Å². The molecule has 2 unspecified atom stereocenters. The van der Waals surface area contributed by atoms with E-state index < -0.39 is 11.9 Å². The number of piperidine rings is 2. The fourth-order valence-electron chi connectivity index (χ4n) is 13.5. The molecule has 3 aliphatic carbocycles. The number of carbonyl (C=O) groups is 3. The highest BCUT2D eigenvalue weighted by atomic mass is 19.1. The number of aryl methyl sites for hydroxylation is 1. The topological polar surface area (TPSA) is 157 Å². The minimum absolute atomic E-state index is 0.0116. The Labute approximate surface area is 423 Å². The summed E-state index contributed by atoms with van der Waals surface area (Å²) in [6.45, 7) is 12.2.